The van der Waals surface area contributed by atoms with Crippen molar-refractivity contribution in [2.45, 2.75) is 12.5 Å². The van der Waals surface area contributed by atoms with E-state index in [1.165, 1.54) is 7.11 Å². The van der Waals surface area contributed by atoms with Gasteiger partial charge in [0.25, 0.3) is 0 Å². The van der Waals surface area contributed by atoms with Crippen LogP contribution in [0.15, 0.2) is 40.9 Å². The van der Waals surface area contributed by atoms with Gasteiger partial charge in [-0.2, -0.15) is 0 Å². The van der Waals surface area contributed by atoms with E-state index in [9.17, 15) is 4.79 Å². The lowest BCUT2D eigenvalue weighted by Crippen LogP contribution is -2.33. The Morgan fingerprint density at radius 3 is 2.78 bits per heavy atom. The van der Waals surface area contributed by atoms with Crippen LogP contribution in [0.3, 0.4) is 0 Å². The van der Waals surface area contributed by atoms with Crippen LogP contribution in [0.2, 0.25) is 0 Å². The predicted octanol–water partition coefficient (Wildman–Crippen LogP) is 2.65. The molecule has 2 aromatic carbocycles. The van der Waals surface area contributed by atoms with Gasteiger partial charge in [0.1, 0.15) is 6.04 Å². The first kappa shape index (κ1) is 13.1. The molecule has 0 bridgehead atoms. The van der Waals surface area contributed by atoms with Gasteiger partial charge in [-0.1, -0.05) is 46.3 Å². The third kappa shape index (κ3) is 2.54. The zero-order valence-electron chi connectivity index (χ0n) is 10.0. The Hall–Kier alpha value is -1.39. The maximum Gasteiger partial charge on any atom is 0.322 e. The highest BCUT2D eigenvalue weighted by atomic mass is 79.9. The molecule has 0 radical (unpaired) electrons. The largest absolute Gasteiger partial charge is 0.468 e. The molecule has 4 heteroatoms. The van der Waals surface area contributed by atoms with Crippen LogP contribution in [0, 0.1) is 0 Å². The highest BCUT2D eigenvalue weighted by Gasteiger charge is 2.17. The Labute approximate surface area is 114 Å². The summed E-state index contributed by atoms with van der Waals surface area (Å²) in [6, 6.07) is 11.4. The van der Waals surface area contributed by atoms with Crippen molar-refractivity contribution >= 4 is 32.7 Å². The van der Waals surface area contributed by atoms with Crippen molar-refractivity contribution in [3.63, 3.8) is 0 Å². The van der Waals surface area contributed by atoms with E-state index in [2.05, 4.69) is 20.7 Å². The summed E-state index contributed by atoms with van der Waals surface area (Å²) in [5.41, 5.74) is 6.86. The second-order valence-corrected chi connectivity index (χ2v) is 4.94. The summed E-state index contributed by atoms with van der Waals surface area (Å²) in [5, 5.41) is 2.24. The van der Waals surface area contributed by atoms with Crippen molar-refractivity contribution in [2.24, 2.45) is 5.73 Å². The Morgan fingerprint density at radius 2 is 2.06 bits per heavy atom. The van der Waals surface area contributed by atoms with Gasteiger partial charge in [0.2, 0.25) is 0 Å². The van der Waals surface area contributed by atoms with Crippen LogP contribution in [0.4, 0.5) is 0 Å². The molecule has 94 valence electrons. The number of hydrogen-bond acceptors (Lipinski definition) is 3. The lowest BCUT2D eigenvalue weighted by Gasteiger charge is -2.13. The first-order valence-electron chi connectivity index (χ1n) is 5.63. The Kier molecular flexibility index (Phi) is 3.99. The molecule has 2 rings (SSSR count). The summed E-state index contributed by atoms with van der Waals surface area (Å²) in [6.45, 7) is 0. The number of fused-ring (bicyclic) bond motifs is 1. The molecule has 1 atom stereocenters. The summed E-state index contributed by atoms with van der Waals surface area (Å²) < 4.78 is 5.62. The number of rotatable bonds is 3. The summed E-state index contributed by atoms with van der Waals surface area (Å²) >= 11 is 3.51. The molecule has 0 fully saturated rings. The first-order chi connectivity index (χ1) is 8.63. The number of methoxy groups -OCH3 is 1. The smallest absolute Gasteiger partial charge is 0.322 e. The van der Waals surface area contributed by atoms with Crippen molar-refractivity contribution in [2.75, 3.05) is 7.11 Å². The van der Waals surface area contributed by atoms with Crippen molar-refractivity contribution in [1.82, 2.24) is 0 Å². The van der Waals surface area contributed by atoms with E-state index in [0.29, 0.717) is 6.42 Å². The molecule has 0 saturated heterocycles. The van der Waals surface area contributed by atoms with Crippen molar-refractivity contribution < 1.29 is 9.53 Å². The number of esters is 1. The molecule has 3 nitrogen and oxygen atoms in total. The standard InChI is InChI=1S/C14H14BrNO2/c1-18-14(17)13(16)8-11-10-5-3-2-4-9(10)6-7-12(11)15/h2-7,13H,8,16H2,1H3/t13-/m0/s1. The van der Waals surface area contributed by atoms with E-state index < -0.39 is 12.0 Å². The number of nitrogens with two attached hydrogens (primary N) is 1. The number of halogens is 1. The molecule has 18 heavy (non-hydrogen) atoms. The molecule has 0 aliphatic carbocycles. The summed E-state index contributed by atoms with van der Waals surface area (Å²) in [6.07, 6.45) is 0.453. The average molecular weight is 308 g/mol. The maximum absolute atomic E-state index is 11.4. The lowest BCUT2D eigenvalue weighted by atomic mass is 9.99. The van der Waals surface area contributed by atoms with Crippen molar-refractivity contribution in [3.05, 3.63) is 46.4 Å². The van der Waals surface area contributed by atoms with Gasteiger partial charge >= 0.3 is 5.97 Å². The SMILES string of the molecule is COC(=O)[C@@H](N)Cc1c(Br)ccc2ccccc12. The minimum atomic E-state index is -0.642. The van der Waals surface area contributed by atoms with E-state index in [1.807, 2.05) is 36.4 Å². The third-order valence-corrected chi connectivity index (χ3v) is 3.65. The number of carbonyl (C=O) groups is 1. The van der Waals surface area contributed by atoms with Gasteiger partial charge in [-0.05, 0) is 28.8 Å². The molecule has 0 aliphatic rings. The van der Waals surface area contributed by atoms with Crippen LogP contribution in [0.25, 0.3) is 10.8 Å². The molecule has 0 amide bonds. The predicted molar refractivity (Wildman–Crippen MR) is 75.3 cm³/mol. The van der Waals surface area contributed by atoms with E-state index in [-0.39, 0.29) is 0 Å². The van der Waals surface area contributed by atoms with Crippen LogP contribution < -0.4 is 5.73 Å². The highest BCUT2D eigenvalue weighted by Crippen LogP contribution is 2.27. The Morgan fingerprint density at radius 1 is 1.33 bits per heavy atom. The van der Waals surface area contributed by atoms with E-state index >= 15 is 0 Å². The average Bonchev–Trinajstić information content (AvgIpc) is 2.41. The van der Waals surface area contributed by atoms with Gasteiger partial charge in [0, 0.05) is 4.47 Å². The Bertz CT molecular complexity index is 583. The van der Waals surface area contributed by atoms with Gasteiger partial charge in [0.15, 0.2) is 0 Å². The van der Waals surface area contributed by atoms with Gasteiger partial charge in [-0.3, -0.25) is 4.79 Å². The second kappa shape index (κ2) is 5.50. The third-order valence-electron chi connectivity index (χ3n) is 2.91. The highest BCUT2D eigenvalue weighted by molar-refractivity contribution is 9.10. The normalized spacial score (nSPS) is 12.4. The van der Waals surface area contributed by atoms with Crippen LogP contribution in [0.5, 0.6) is 0 Å². The van der Waals surface area contributed by atoms with Gasteiger partial charge in [-0.25, -0.2) is 0 Å². The zero-order valence-corrected chi connectivity index (χ0v) is 11.6. The molecule has 2 aromatic rings. The lowest BCUT2D eigenvalue weighted by molar-refractivity contribution is -0.142. The van der Waals surface area contributed by atoms with Gasteiger partial charge < -0.3 is 10.5 Å². The maximum atomic E-state index is 11.4. The zero-order chi connectivity index (χ0) is 13.1. The van der Waals surface area contributed by atoms with Crippen LogP contribution in [-0.4, -0.2) is 19.1 Å². The molecule has 0 aromatic heterocycles. The molecule has 0 aliphatic heterocycles. The van der Waals surface area contributed by atoms with Gasteiger partial charge in [-0.15, -0.1) is 0 Å². The topological polar surface area (TPSA) is 52.3 Å². The monoisotopic (exact) mass is 307 g/mol. The second-order valence-electron chi connectivity index (χ2n) is 4.08. The fourth-order valence-corrected chi connectivity index (χ4v) is 2.48. The Balaban J connectivity index is 2.43. The first-order valence-corrected chi connectivity index (χ1v) is 6.42. The number of ether oxygens (including phenoxy) is 1. The van der Waals surface area contributed by atoms with Crippen molar-refractivity contribution in [3.8, 4) is 0 Å². The van der Waals surface area contributed by atoms with E-state index in [1.54, 1.807) is 0 Å². The van der Waals surface area contributed by atoms with Crippen LogP contribution in [-0.2, 0) is 16.0 Å². The van der Waals surface area contributed by atoms with Crippen LogP contribution in [0.1, 0.15) is 5.56 Å². The fraction of sp³-hybridized carbons (Fsp3) is 0.214. The molecule has 2 N–H and O–H groups in total. The summed E-state index contributed by atoms with van der Waals surface area (Å²) in [7, 11) is 1.35. The number of carbonyl (C=O) groups excluding carboxylic acids is 1. The van der Waals surface area contributed by atoms with Crippen molar-refractivity contribution in [1.29, 1.82) is 0 Å². The molecule has 0 heterocycles. The van der Waals surface area contributed by atoms with E-state index in [4.69, 9.17) is 5.73 Å². The summed E-state index contributed by atoms with van der Waals surface area (Å²) in [4.78, 5) is 11.4. The van der Waals surface area contributed by atoms with Gasteiger partial charge in [0.05, 0.1) is 7.11 Å². The molecular weight excluding hydrogens is 294 g/mol. The van der Waals surface area contributed by atoms with E-state index in [0.717, 1.165) is 20.8 Å². The fourth-order valence-electron chi connectivity index (χ4n) is 1.97. The minimum Gasteiger partial charge on any atom is -0.468 e. The number of hydrogen-bond donors (Lipinski definition) is 1. The molecule has 0 unspecified atom stereocenters. The molecular formula is C14H14BrNO2. The number of benzene rings is 2. The quantitative estimate of drug-likeness (QED) is 0.887. The minimum absolute atomic E-state index is 0.394. The molecule has 0 saturated carbocycles. The van der Waals surface area contributed by atoms with Crippen LogP contribution >= 0.6 is 15.9 Å². The summed E-state index contributed by atoms with van der Waals surface area (Å²) in [5.74, 6) is -0.394. The molecule has 0 spiro atoms.